The minimum Gasteiger partial charge on any atom is -0.398 e. The average molecular weight is 460 g/mol. The van der Waals surface area contributed by atoms with Crippen molar-refractivity contribution in [3.8, 4) is 0 Å². The molecule has 1 aliphatic rings. The molecule has 3 heterocycles. The Morgan fingerprint density at radius 3 is 2.90 bits per heavy atom. The monoisotopic (exact) mass is 459 g/mol. The zero-order chi connectivity index (χ0) is 22.1. The van der Waals surface area contributed by atoms with E-state index >= 15 is 0 Å². The number of likely N-dealkylation sites (tertiary alicyclic amines) is 1. The Kier molecular flexibility index (Phi) is 5.97. The molecule has 0 bridgehead atoms. The Balaban J connectivity index is 1.44. The first-order valence-corrected chi connectivity index (χ1v) is 11.2. The van der Waals surface area contributed by atoms with Gasteiger partial charge in [0.2, 0.25) is 5.91 Å². The molecule has 2 aromatic heterocycles. The van der Waals surface area contributed by atoms with Gasteiger partial charge in [0.15, 0.2) is 0 Å². The van der Waals surface area contributed by atoms with Gasteiger partial charge in [-0.15, -0.1) is 11.3 Å². The summed E-state index contributed by atoms with van der Waals surface area (Å²) in [6.45, 7) is 2.26. The number of hydrogen-bond acceptors (Lipinski definition) is 6. The van der Waals surface area contributed by atoms with Gasteiger partial charge in [-0.3, -0.25) is 19.0 Å². The average Bonchev–Trinajstić information content (AvgIpc) is 3.23. The summed E-state index contributed by atoms with van der Waals surface area (Å²) in [5.74, 6) is -0.445. The Bertz CT molecular complexity index is 1210. The fourth-order valence-corrected chi connectivity index (χ4v) is 4.61. The predicted molar refractivity (Wildman–Crippen MR) is 121 cm³/mol. The van der Waals surface area contributed by atoms with E-state index in [0.717, 1.165) is 12.8 Å². The van der Waals surface area contributed by atoms with Crippen LogP contribution in [0.2, 0.25) is 5.02 Å². The maximum absolute atomic E-state index is 13.0. The molecule has 3 aromatic rings. The molecule has 4 rings (SSSR count). The summed E-state index contributed by atoms with van der Waals surface area (Å²) in [4.78, 5) is 44.8. The van der Waals surface area contributed by atoms with Crippen LogP contribution in [0.15, 0.2) is 40.8 Å². The second-order valence-electron chi connectivity index (χ2n) is 7.70. The highest BCUT2D eigenvalue weighted by molar-refractivity contribution is 7.16. The van der Waals surface area contributed by atoms with Crippen LogP contribution in [0.5, 0.6) is 0 Å². The predicted octanol–water partition coefficient (Wildman–Crippen LogP) is 2.50. The Hall–Kier alpha value is -2.91. The molecule has 2 atom stereocenters. The molecule has 1 fully saturated rings. The first-order chi connectivity index (χ1) is 14.8. The number of carbonyl (C=O) groups excluding carboxylic acids is 2. The molecule has 3 N–H and O–H groups in total. The number of nitrogens with zero attached hydrogens (tertiary/aromatic N) is 3. The number of piperidine rings is 1. The smallest absolute Gasteiger partial charge is 0.262 e. The molecule has 1 aromatic carbocycles. The van der Waals surface area contributed by atoms with Crippen molar-refractivity contribution < 1.29 is 9.59 Å². The van der Waals surface area contributed by atoms with Gasteiger partial charge in [0, 0.05) is 24.2 Å². The molecule has 8 nitrogen and oxygen atoms in total. The van der Waals surface area contributed by atoms with Gasteiger partial charge in [-0.25, -0.2) is 4.98 Å². The van der Waals surface area contributed by atoms with Crippen LogP contribution < -0.4 is 16.6 Å². The quantitative estimate of drug-likeness (QED) is 0.582. The van der Waals surface area contributed by atoms with Gasteiger partial charge < -0.3 is 16.0 Å². The van der Waals surface area contributed by atoms with Crippen molar-refractivity contribution in [1.82, 2.24) is 19.8 Å². The minimum absolute atomic E-state index is 0.0142. The lowest BCUT2D eigenvalue weighted by molar-refractivity contribution is -0.135. The van der Waals surface area contributed by atoms with Gasteiger partial charge in [0.25, 0.3) is 11.5 Å². The van der Waals surface area contributed by atoms with Crippen LogP contribution in [0, 0.1) is 0 Å². The van der Waals surface area contributed by atoms with Crippen molar-refractivity contribution >= 4 is 50.7 Å². The van der Waals surface area contributed by atoms with Gasteiger partial charge in [0.05, 0.1) is 22.4 Å². The summed E-state index contributed by atoms with van der Waals surface area (Å²) >= 11 is 7.31. The second-order valence-corrected chi connectivity index (χ2v) is 9.00. The van der Waals surface area contributed by atoms with Crippen LogP contribution in [0.1, 0.15) is 30.1 Å². The largest absolute Gasteiger partial charge is 0.398 e. The maximum Gasteiger partial charge on any atom is 0.262 e. The third-order valence-corrected chi connectivity index (χ3v) is 6.72. The van der Waals surface area contributed by atoms with Crippen LogP contribution in [0.25, 0.3) is 10.2 Å². The number of halogens is 1. The highest BCUT2D eigenvalue weighted by Crippen LogP contribution is 2.21. The molecule has 1 aliphatic heterocycles. The minimum atomic E-state index is -0.265. The molecular weight excluding hydrogens is 438 g/mol. The van der Waals surface area contributed by atoms with Crippen molar-refractivity contribution in [2.24, 2.45) is 0 Å². The molecular formula is C21H22ClN5O3S. The van der Waals surface area contributed by atoms with Crippen LogP contribution in [0.3, 0.4) is 0 Å². The molecule has 10 heteroatoms. The number of nitrogen functional groups attached to an aromatic ring is 1. The zero-order valence-corrected chi connectivity index (χ0v) is 18.4. The van der Waals surface area contributed by atoms with E-state index < -0.39 is 0 Å². The number of aromatic nitrogens is 2. The third-order valence-electron chi connectivity index (χ3n) is 5.55. The number of fused-ring (bicyclic) bond motifs is 1. The zero-order valence-electron chi connectivity index (χ0n) is 16.9. The van der Waals surface area contributed by atoms with Crippen LogP contribution in [-0.2, 0) is 11.3 Å². The summed E-state index contributed by atoms with van der Waals surface area (Å²) in [5.41, 5.74) is 6.32. The summed E-state index contributed by atoms with van der Waals surface area (Å²) in [7, 11) is 0. The van der Waals surface area contributed by atoms with Crippen molar-refractivity contribution in [2.75, 3.05) is 12.3 Å². The van der Waals surface area contributed by atoms with Gasteiger partial charge in [0.1, 0.15) is 11.4 Å². The lowest BCUT2D eigenvalue weighted by Gasteiger charge is -2.38. The number of nitrogens with one attached hydrogen (secondary N) is 1. The first kappa shape index (κ1) is 21.3. The molecule has 0 spiro atoms. The standard InChI is InChI=1S/C21H22ClN5O3S/c1-12-2-4-14(25-19(29)13-3-5-16(22)17(23)8-13)9-27(12)18(28)10-26-11-24-20-15(21(26)30)6-7-31-20/h3,5-8,11-12,14H,2,4,9-10,23H2,1H3,(H,25,29). The highest BCUT2D eigenvalue weighted by Gasteiger charge is 2.30. The molecule has 2 amide bonds. The summed E-state index contributed by atoms with van der Waals surface area (Å²) < 4.78 is 1.34. The topological polar surface area (TPSA) is 110 Å². The number of hydrogen-bond donors (Lipinski definition) is 2. The molecule has 1 saturated heterocycles. The maximum atomic E-state index is 13.0. The van der Waals surface area contributed by atoms with E-state index in [4.69, 9.17) is 17.3 Å². The van der Waals surface area contributed by atoms with E-state index in [-0.39, 0.29) is 36.0 Å². The Labute approximate surface area is 187 Å². The van der Waals surface area contributed by atoms with E-state index in [1.54, 1.807) is 28.5 Å². The van der Waals surface area contributed by atoms with Crippen molar-refractivity contribution in [3.05, 3.63) is 56.9 Å². The number of benzene rings is 1. The van der Waals surface area contributed by atoms with Crippen LogP contribution >= 0.6 is 22.9 Å². The fraction of sp³-hybridized carbons (Fsp3) is 0.333. The molecule has 31 heavy (non-hydrogen) atoms. The van der Waals surface area contributed by atoms with Gasteiger partial charge in [-0.05, 0) is 49.4 Å². The molecule has 0 aliphatic carbocycles. The number of carbonyl (C=O) groups is 2. The second kappa shape index (κ2) is 8.68. The van der Waals surface area contributed by atoms with E-state index in [2.05, 4.69) is 10.3 Å². The molecule has 2 unspecified atom stereocenters. The normalized spacial score (nSPS) is 18.8. The van der Waals surface area contributed by atoms with Crippen molar-refractivity contribution in [3.63, 3.8) is 0 Å². The number of rotatable bonds is 4. The number of anilines is 1. The van der Waals surface area contributed by atoms with Crippen LogP contribution in [0.4, 0.5) is 5.69 Å². The van der Waals surface area contributed by atoms with Crippen molar-refractivity contribution in [1.29, 1.82) is 0 Å². The van der Waals surface area contributed by atoms with Gasteiger partial charge in [-0.2, -0.15) is 0 Å². The summed E-state index contributed by atoms with van der Waals surface area (Å²) in [6.07, 6.45) is 2.91. The van der Waals surface area contributed by atoms with E-state index in [0.29, 0.717) is 33.0 Å². The highest BCUT2D eigenvalue weighted by atomic mass is 35.5. The SMILES string of the molecule is CC1CCC(NC(=O)c2ccc(Cl)c(N)c2)CN1C(=O)Cn1cnc2sccc2c1=O. The number of nitrogens with two attached hydrogens (primary N) is 1. The first-order valence-electron chi connectivity index (χ1n) is 9.91. The van der Waals surface area contributed by atoms with Crippen molar-refractivity contribution in [2.45, 2.75) is 38.4 Å². The van der Waals surface area contributed by atoms with Gasteiger partial charge in [-0.1, -0.05) is 11.6 Å². The van der Waals surface area contributed by atoms with E-state index in [9.17, 15) is 14.4 Å². The van der Waals surface area contributed by atoms with Gasteiger partial charge >= 0.3 is 0 Å². The summed E-state index contributed by atoms with van der Waals surface area (Å²) in [6, 6.07) is 6.27. The lowest BCUT2D eigenvalue weighted by atomic mass is 9.98. The molecule has 0 saturated carbocycles. The Morgan fingerprint density at radius 2 is 2.13 bits per heavy atom. The molecule has 162 valence electrons. The lowest BCUT2D eigenvalue weighted by Crippen LogP contribution is -2.54. The summed E-state index contributed by atoms with van der Waals surface area (Å²) in [5, 5.41) is 5.68. The molecule has 0 radical (unpaired) electrons. The number of thiophene rings is 1. The number of amides is 2. The van der Waals surface area contributed by atoms with E-state index in [1.165, 1.54) is 28.3 Å². The fourth-order valence-electron chi connectivity index (χ4n) is 3.77. The van der Waals surface area contributed by atoms with Crippen LogP contribution in [-0.4, -0.2) is 44.9 Å². The third kappa shape index (κ3) is 4.42. The van der Waals surface area contributed by atoms with E-state index in [1.807, 2.05) is 6.92 Å². The Morgan fingerprint density at radius 1 is 1.32 bits per heavy atom.